The number of amides is 1. The molecular formula is C20H24ClN3O2. The van der Waals surface area contributed by atoms with Gasteiger partial charge in [0.2, 0.25) is 5.91 Å². The molecule has 5 nitrogen and oxygen atoms in total. The first kappa shape index (κ1) is 18.5. The first-order valence-corrected chi connectivity index (χ1v) is 9.14. The normalized spacial score (nSPS) is 16.2. The van der Waals surface area contributed by atoms with Gasteiger partial charge in [0.1, 0.15) is 5.75 Å². The molecule has 1 atom stereocenters. The van der Waals surface area contributed by atoms with Gasteiger partial charge in [-0.1, -0.05) is 11.6 Å². The number of hydrogen-bond acceptors (Lipinski definition) is 4. The molecule has 0 spiro atoms. The van der Waals surface area contributed by atoms with Crippen molar-refractivity contribution in [1.82, 2.24) is 4.90 Å². The first-order valence-electron chi connectivity index (χ1n) is 8.76. The number of carbonyl (C=O) groups is 1. The summed E-state index contributed by atoms with van der Waals surface area (Å²) < 4.78 is 5.21. The summed E-state index contributed by atoms with van der Waals surface area (Å²) in [5.74, 6) is 0.866. The van der Waals surface area contributed by atoms with E-state index in [1.54, 1.807) is 19.2 Å². The third-order valence-electron chi connectivity index (χ3n) is 4.79. The molecule has 0 aliphatic carbocycles. The lowest BCUT2D eigenvalue weighted by Crippen LogP contribution is -2.52. The average molecular weight is 374 g/mol. The van der Waals surface area contributed by atoms with Gasteiger partial charge in [0.25, 0.3) is 0 Å². The van der Waals surface area contributed by atoms with Crippen molar-refractivity contribution in [3.63, 3.8) is 0 Å². The van der Waals surface area contributed by atoms with Crippen molar-refractivity contribution in [3.05, 3.63) is 53.6 Å². The van der Waals surface area contributed by atoms with Gasteiger partial charge in [0.05, 0.1) is 13.2 Å². The third-order valence-corrected chi connectivity index (χ3v) is 5.04. The average Bonchev–Trinajstić information content (AvgIpc) is 2.69. The zero-order valence-corrected chi connectivity index (χ0v) is 15.9. The molecule has 1 amide bonds. The monoisotopic (exact) mass is 373 g/mol. The van der Waals surface area contributed by atoms with E-state index >= 15 is 0 Å². The number of nitrogens with zero attached hydrogens (tertiary/aromatic N) is 2. The second-order valence-corrected chi connectivity index (χ2v) is 6.83. The van der Waals surface area contributed by atoms with E-state index in [0.717, 1.165) is 37.6 Å². The molecular weight excluding hydrogens is 350 g/mol. The number of methoxy groups -OCH3 is 1. The van der Waals surface area contributed by atoms with Crippen LogP contribution in [0.2, 0.25) is 5.02 Å². The number of carbonyl (C=O) groups excluding carboxylic acids is 1. The summed E-state index contributed by atoms with van der Waals surface area (Å²) in [6, 6.07) is 15.1. The van der Waals surface area contributed by atoms with Crippen molar-refractivity contribution in [3.8, 4) is 5.75 Å². The molecule has 138 valence electrons. The molecule has 1 heterocycles. The van der Waals surface area contributed by atoms with Crippen LogP contribution < -0.4 is 15.0 Å². The van der Waals surface area contributed by atoms with Gasteiger partial charge < -0.3 is 15.0 Å². The van der Waals surface area contributed by atoms with E-state index in [1.807, 2.05) is 31.2 Å². The molecule has 0 bridgehead atoms. The van der Waals surface area contributed by atoms with Crippen LogP contribution in [0.15, 0.2) is 48.5 Å². The fraction of sp³-hybridized carbons (Fsp3) is 0.350. The Balaban J connectivity index is 1.53. The highest BCUT2D eigenvalue weighted by molar-refractivity contribution is 6.30. The summed E-state index contributed by atoms with van der Waals surface area (Å²) >= 11 is 5.88. The van der Waals surface area contributed by atoms with E-state index in [0.29, 0.717) is 5.02 Å². The Morgan fingerprint density at radius 2 is 1.65 bits per heavy atom. The maximum Gasteiger partial charge on any atom is 0.241 e. The minimum absolute atomic E-state index is 0.00483. The van der Waals surface area contributed by atoms with Crippen molar-refractivity contribution < 1.29 is 9.53 Å². The van der Waals surface area contributed by atoms with E-state index in [2.05, 4.69) is 27.2 Å². The molecule has 26 heavy (non-hydrogen) atoms. The highest BCUT2D eigenvalue weighted by Crippen LogP contribution is 2.21. The second-order valence-electron chi connectivity index (χ2n) is 6.39. The Bertz CT molecular complexity index is 726. The van der Waals surface area contributed by atoms with Crippen LogP contribution in [0.1, 0.15) is 6.92 Å². The van der Waals surface area contributed by atoms with Crippen LogP contribution in [0.5, 0.6) is 5.75 Å². The van der Waals surface area contributed by atoms with Crippen LogP contribution in [-0.2, 0) is 4.79 Å². The van der Waals surface area contributed by atoms with E-state index in [4.69, 9.17) is 16.3 Å². The van der Waals surface area contributed by atoms with E-state index in [1.165, 1.54) is 5.69 Å². The second kappa shape index (κ2) is 8.43. The fourth-order valence-corrected chi connectivity index (χ4v) is 3.23. The van der Waals surface area contributed by atoms with Crippen molar-refractivity contribution in [1.29, 1.82) is 0 Å². The third kappa shape index (κ3) is 4.48. The molecule has 0 saturated carbocycles. The van der Waals surface area contributed by atoms with Crippen molar-refractivity contribution >= 4 is 28.9 Å². The van der Waals surface area contributed by atoms with Gasteiger partial charge >= 0.3 is 0 Å². The van der Waals surface area contributed by atoms with Crippen LogP contribution >= 0.6 is 11.6 Å². The minimum atomic E-state index is -0.177. The summed E-state index contributed by atoms with van der Waals surface area (Å²) in [6.45, 7) is 5.44. The molecule has 6 heteroatoms. The maximum atomic E-state index is 12.5. The van der Waals surface area contributed by atoms with Gasteiger partial charge in [-0.25, -0.2) is 0 Å². The molecule has 1 aliphatic heterocycles. The SMILES string of the molecule is COc1ccc(N2CCN(C(C)C(=O)Nc3ccc(Cl)cc3)CC2)cc1. The number of nitrogens with one attached hydrogen (secondary N) is 1. The minimum Gasteiger partial charge on any atom is -0.497 e. The van der Waals surface area contributed by atoms with Gasteiger partial charge in [0.15, 0.2) is 0 Å². The van der Waals surface area contributed by atoms with Gasteiger partial charge in [0, 0.05) is 42.6 Å². The van der Waals surface area contributed by atoms with E-state index < -0.39 is 0 Å². The molecule has 1 aliphatic rings. The number of hydrogen-bond donors (Lipinski definition) is 1. The van der Waals surface area contributed by atoms with Gasteiger partial charge in [-0.05, 0) is 55.5 Å². The van der Waals surface area contributed by atoms with Crippen molar-refractivity contribution in [2.24, 2.45) is 0 Å². The standard InChI is InChI=1S/C20H24ClN3O2/c1-15(20(25)22-17-5-3-16(21)4-6-17)23-11-13-24(14-12-23)18-7-9-19(26-2)10-8-18/h3-10,15H,11-14H2,1-2H3,(H,22,25). The summed E-state index contributed by atoms with van der Waals surface area (Å²) in [5.41, 5.74) is 1.95. The Morgan fingerprint density at radius 3 is 2.23 bits per heavy atom. The summed E-state index contributed by atoms with van der Waals surface area (Å²) in [7, 11) is 1.67. The maximum absolute atomic E-state index is 12.5. The van der Waals surface area contributed by atoms with Gasteiger partial charge in [-0.3, -0.25) is 9.69 Å². The molecule has 1 unspecified atom stereocenters. The Kier molecular flexibility index (Phi) is 6.01. The molecule has 1 N–H and O–H groups in total. The number of rotatable bonds is 5. The molecule has 1 fully saturated rings. The van der Waals surface area contributed by atoms with Crippen molar-refractivity contribution in [2.75, 3.05) is 43.5 Å². The molecule has 0 aromatic heterocycles. The van der Waals surface area contributed by atoms with Crippen molar-refractivity contribution in [2.45, 2.75) is 13.0 Å². The topological polar surface area (TPSA) is 44.8 Å². The predicted octanol–water partition coefficient (Wildman–Crippen LogP) is 3.50. The van der Waals surface area contributed by atoms with Crippen LogP contribution in [0.4, 0.5) is 11.4 Å². The molecule has 2 aromatic rings. The van der Waals surface area contributed by atoms with Crippen LogP contribution in [-0.4, -0.2) is 50.1 Å². The quantitative estimate of drug-likeness (QED) is 0.871. The molecule has 3 rings (SSSR count). The highest BCUT2D eigenvalue weighted by Gasteiger charge is 2.25. The summed E-state index contributed by atoms with van der Waals surface area (Å²) in [5, 5.41) is 3.61. The smallest absolute Gasteiger partial charge is 0.241 e. The summed E-state index contributed by atoms with van der Waals surface area (Å²) in [4.78, 5) is 17.1. The highest BCUT2D eigenvalue weighted by atomic mass is 35.5. The van der Waals surface area contributed by atoms with E-state index in [9.17, 15) is 4.79 Å². The molecule has 0 radical (unpaired) electrons. The van der Waals surface area contributed by atoms with Crippen LogP contribution in [0, 0.1) is 0 Å². The number of benzene rings is 2. The molecule has 2 aromatic carbocycles. The number of piperazine rings is 1. The Morgan fingerprint density at radius 1 is 1.04 bits per heavy atom. The summed E-state index contributed by atoms with van der Waals surface area (Å²) in [6.07, 6.45) is 0. The Hall–Kier alpha value is -2.24. The van der Waals surface area contributed by atoms with Gasteiger partial charge in [-0.15, -0.1) is 0 Å². The fourth-order valence-electron chi connectivity index (χ4n) is 3.11. The van der Waals surface area contributed by atoms with Crippen LogP contribution in [0.25, 0.3) is 0 Å². The Labute approximate surface area is 159 Å². The lowest BCUT2D eigenvalue weighted by atomic mass is 10.2. The lowest BCUT2D eigenvalue weighted by molar-refractivity contribution is -0.120. The lowest BCUT2D eigenvalue weighted by Gasteiger charge is -2.38. The van der Waals surface area contributed by atoms with E-state index in [-0.39, 0.29) is 11.9 Å². The number of halogens is 1. The zero-order chi connectivity index (χ0) is 18.5. The van der Waals surface area contributed by atoms with Crippen LogP contribution in [0.3, 0.4) is 0 Å². The largest absolute Gasteiger partial charge is 0.497 e. The number of anilines is 2. The molecule has 1 saturated heterocycles. The number of ether oxygens (including phenoxy) is 1. The first-order chi connectivity index (χ1) is 12.6. The zero-order valence-electron chi connectivity index (χ0n) is 15.1. The van der Waals surface area contributed by atoms with Gasteiger partial charge in [-0.2, -0.15) is 0 Å². The predicted molar refractivity (Wildman–Crippen MR) is 106 cm³/mol.